The lowest BCUT2D eigenvalue weighted by Gasteiger charge is -2.17. The van der Waals surface area contributed by atoms with Crippen LogP contribution in [0.3, 0.4) is 0 Å². The highest BCUT2D eigenvalue weighted by atomic mass is 16.5. The Morgan fingerprint density at radius 3 is 2.44 bits per heavy atom. The van der Waals surface area contributed by atoms with Gasteiger partial charge in [0, 0.05) is 18.7 Å². The molecule has 1 aromatic rings. The monoisotopic (exact) mass is 247 g/mol. The Bertz CT molecular complexity index is 476. The van der Waals surface area contributed by atoms with Gasteiger partial charge in [-0.1, -0.05) is 6.07 Å². The average Bonchev–Trinajstić information content (AvgIpc) is 2.69. The summed E-state index contributed by atoms with van der Waals surface area (Å²) in [4.78, 5) is 25.1. The molecule has 1 amide bonds. The first-order chi connectivity index (χ1) is 8.51. The summed E-state index contributed by atoms with van der Waals surface area (Å²) in [6, 6.07) is 5.98. The minimum Gasteiger partial charge on any atom is -0.469 e. The van der Waals surface area contributed by atoms with Crippen molar-refractivity contribution >= 4 is 17.6 Å². The summed E-state index contributed by atoms with van der Waals surface area (Å²) in [6.45, 7) is 4.40. The Morgan fingerprint density at radius 2 is 1.89 bits per heavy atom. The molecule has 1 saturated heterocycles. The topological polar surface area (TPSA) is 46.6 Å². The third-order valence-corrected chi connectivity index (χ3v) is 3.18. The first kappa shape index (κ1) is 12.6. The highest BCUT2D eigenvalue weighted by Gasteiger charge is 2.35. The molecule has 4 nitrogen and oxygen atoms in total. The fourth-order valence-corrected chi connectivity index (χ4v) is 2.39. The zero-order valence-electron chi connectivity index (χ0n) is 10.9. The number of carbonyl (C=O) groups excluding carboxylic acids is 2. The van der Waals surface area contributed by atoms with Crippen LogP contribution in [0.5, 0.6) is 0 Å². The summed E-state index contributed by atoms with van der Waals surface area (Å²) in [6.07, 6.45) is 0.236. The van der Waals surface area contributed by atoms with Gasteiger partial charge in [-0.2, -0.15) is 0 Å². The number of rotatable bonds is 2. The quantitative estimate of drug-likeness (QED) is 0.749. The second-order valence-electron chi connectivity index (χ2n) is 4.77. The molecule has 1 aliphatic heterocycles. The minimum atomic E-state index is -0.344. The Kier molecular flexibility index (Phi) is 3.36. The maximum Gasteiger partial charge on any atom is 0.311 e. The van der Waals surface area contributed by atoms with E-state index in [2.05, 4.69) is 6.07 Å². The van der Waals surface area contributed by atoms with Crippen LogP contribution in [0.1, 0.15) is 17.5 Å². The van der Waals surface area contributed by atoms with Gasteiger partial charge in [0.25, 0.3) is 0 Å². The molecular formula is C14H17NO3. The summed E-state index contributed by atoms with van der Waals surface area (Å²) in [7, 11) is 1.35. The summed E-state index contributed by atoms with van der Waals surface area (Å²) in [5.41, 5.74) is 3.09. The lowest BCUT2D eigenvalue weighted by molar-refractivity contribution is -0.145. The molecule has 1 aromatic carbocycles. The van der Waals surface area contributed by atoms with Gasteiger partial charge in [0.2, 0.25) is 5.91 Å². The molecule has 0 saturated carbocycles. The van der Waals surface area contributed by atoms with Crippen LogP contribution in [0, 0.1) is 19.8 Å². The molecule has 0 aliphatic carbocycles. The normalized spacial score (nSPS) is 19.2. The number of benzene rings is 1. The Balaban J connectivity index is 2.24. The number of ether oxygens (including phenoxy) is 1. The van der Waals surface area contributed by atoms with Crippen molar-refractivity contribution in [2.75, 3.05) is 18.6 Å². The predicted octanol–water partition coefficient (Wildman–Crippen LogP) is 1.83. The number of aryl methyl sites for hydroxylation is 2. The van der Waals surface area contributed by atoms with Crippen molar-refractivity contribution in [1.29, 1.82) is 0 Å². The molecular weight excluding hydrogens is 230 g/mol. The SMILES string of the molecule is COC(=O)[C@H]1CC(=O)N(c2cc(C)cc(C)c2)C1. The molecule has 0 bridgehead atoms. The van der Waals surface area contributed by atoms with Gasteiger partial charge in [0.15, 0.2) is 0 Å². The zero-order chi connectivity index (χ0) is 13.3. The van der Waals surface area contributed by atoms with Gasteiger partial charge in [-0.05, 0) is 37.1 Å². The van der Waals surface area contributed by atoms with Crippen LogP contribution in [-0.2, 0) is 14.3 Å². The highest BCUT2D eigenvalue weighted by molar-refractivity contribution is 5.99. The third kappa shape index (κ3) is 2.37. The first-order valence-corrected chi connectivity index (χ1v) is 5.97. The van der Waals surface area contributed by atoms with Crippen LogP contribution < -0.4 is 4.90 Å². The molecule has 18 heavy (non-hydrogen) atoms. The van der Waals surface area contributed by atoms with Crippen molar-refractivity contribution in [1.82, 2.24) is 0 Å². The van der Waals surface area contributed by atoms with E-state index in [1.54, 1.807) is 4.90 Å². The van der Waals surface area contributed by atoms with Gasteiger partial charge < -0.3 is 9.64 Å². The van der Waals surface area contributed by atoms with E-state index in [1.807, 2.05) is 26.0 Å². The van der Waals surface area contributed by atoms with Gasteiger partial charge in [-0.25, -0.2) is 0 Å². The van der Waals surface area contributed by atoms with E-state index in [-0.39, 0.29) is 24.2 Å². The number of hydrogen-bond donors (Lipinski definition) is 0. The smallest absolute Gasteiger partial charge is 0.311 e. The average molecular weight is 247 g/mol. The Morgan fingerprint density at radius 1 is 1.28 bits per heavy atom. The number of carbonyl (C=O) groups is 2. The lowest BCUT2D eigenvalue weighted by Crippen LogP contribution is -2.26. The number of methoxy groups -OCH3 is 1. The molecule has 2 rings (SSSR count). The van der Waals surface area contributed by atoms with E-state index >= 15 is 0 Å². The van der Waals surface area contributed by atoms with E-state index in [9.17, 15) is 9.59 Å². The predicted molar refractivity (Wildman–Crippen MR) is 68.4 cm³/mol. The highest BCUT2D eigenvalue weighted by Crippen LogP contribution is 2.27. The van der Waals surface area contributed by atoms with Gasteiger partial charge in [-0.3, -0.25) is 9.59 Å². The van der Waals surface area contributed by atoms with Crippen LogP contribution in [0.25, 0.3) is 0 Å². The molecule has 4 heteroatoms. The van der Waals surface area contributed by atoms with Crippen LogP contribution in [0.2, 0.25) is 0 Å². The van der Waals surface area contributed by atoms with Crippen molar-refractivity contribution in [3.63, 3.8) is 0 Å². The Hall–Kier alpha value is -1.84. The van der Waals surface area contributed by atoms with Gasteiger partial charge in [0.1, 0.15) is 0 Å². The van der Waals surface area contributed by atoms with Crippen LogP contribution in [0.4, 0.5) is 5.69 Å². The number of nitrogens with zero attached hydrogens (tertiary/aromatic N) is 1. The fraction of sp³-hybridized carbons (Fsp3) is 0.429. The summed E-state index contributed by atoms with van der Waals surface area (Å²) in [5.74, 6) is -0.672. The van der Waals surface area contributed by atoms with E-state index in [4.69, 9.17) is 4.74 Å². The molecule has 1 heterocycles. The second kappa shape index (κ2) is 4.80. The molecule has 1 aliphatic rings. The van der Waals surface area contributed by atoms with Crippen LogP contribution >= 0.6 is 0 Å². The number of amides is 1. The van der Waals surface area contributed by atoms with Crippen molar-refractivity contribution in [2.45, 2.75) is 20.3 Å². The molecule has 1 fully saturated rings. The summed E-state index contributed by atoms with van der Waals surface area (Å²) >= 11 is 0. The molecule has 1 atom stereocenters. The standard InChI is InChI=1S/C14H17NO3/c1-9-4-10(2)6-12(5-9)15-8-11(7-13(15)16)14(17)18-3/h4-6,11H,7-8H2,1-3H3/t11-/m0/s1. The molecule has 0 spiro atoms. The Labute approximate surface area is 107 Å². The van der Waals surface area contributed by atoms with E-state index in [1.165, 1.54) is 7.11 Å². The number of esters is 1. The van der Waals surface area contributed by atoms with E-state index in [0.717, 1.165) is 16.8 Å². The molecule has 0 N–H and O–H groups in total. The van der Waals surface area contributed by atoms with Crippen molar-refractivity contribution in [3.05, 3.63) is 29.3 Å². The molecule has 0 unspecified atom stereocenters. The molecule has 96 valence electrons. The van der Waals surface area contributed by atoms with Crippen molar-refractivity contribution < 1.29 is 14.3 Å². The number of anilines is 1. The maximum absolute atomic E-state index is 11.9. The van der Waals surface area contributed by atoms with E-state index in [0.29, 0.717) is 6.54 Å². The maximum atomic E-state index is 11.9. The summed E-state index contributed by atoms with van der Waals surface area (Å²) < 4.78 is 4.70. The third-order valence-electron chi connectivity index (χ3n) is 3.18. The van der Waals surface area contributed by atoms with Crippen LogP contribution in [-0.4, -0.2) is 25.5 Å². The minimum absolute atomic E-state index is 0.0181. The largest absolute Gasteiger partial charge is 0.469 e. The van der Waals surface area contributed by atoms with Gasteiger partial charge in [0.05, 0.1) is 13.0 Å². The summed E-state index contributed by atoms with van der Waals surface area (Å²) in [5, 5.41) is 0. The second-order valence-corrected chi connectivity index (χ2v) is 4.77. The van der Waals surface area contributed by atoms with Crippen molar-refractivity contribution in [2.24, 2.45) is 5.92 Å². The molecule has 0 radical (unpaired) electrons. The van der Waals surface area contributed by atoms with Gasteiger partial charge in [-0.15, -0.1) is 0 Å². The number of hydrogen-bond acceptors (Lipinski definition) is 3. The van der Waals surface area contributed by atoms with Gasteiger partial charge >= 0.3 is 5.97 Å². The fourth-order valence-electron chi connectivity index (χ4n) is 2.39. The van der Waals surface area contributed by atoms with E-state index < -0.39 is 0 Å². The lowest BCUT2D eigenvalue weighted by atomic mass is 10.1. The first-order valence-electron chi connectivity index (χ1n) is 5.97. The zero-order valence-corrected chi connectivity index (χ0v) is 10.9. The van der Waals surface area contributed by atoms with Crippen molar-refractivity contribution in [3.8, 4) is 0 Å². The van der Waals surface area contributed by atoms with Crippen LogP contribution in [0.15, 0.2) is 18.2 Å². The molecule has 0 aromatic heterocycles.